The van der Waals surface area contributed by atoms with Gasteiger partial charge in [-0.1, -0.05) is 34.1 Å². The summed E-state index contributed by atoms with van der Waals surface area (Å²) >= 11 is 3.47. The van der Waals surface area contributed by atoms with E-state index in [9.17, 15) is 0 Å². The average Bonchev–Trinajstić information content (AvgIpc) is 2.18. The van der Waals surface area contributed by atoms with Crippen LogP contribution in [0.25, 0.3) is 0 Å². The molecule has 0 aromatic heterocycles. The lowest BCUT2D eigenvalue weighted by atomic mass is 10.0. The molecule has 1 rings (SSSR count). The fourth-order valence-electron chi connectivity index (χ4n) is 1.36. The highest BCUT2D eigenvalue weighted by Crippen LogP contribution is 2.22. The lowest BCUT2D eigenvalue weighted by Crippen LogP contribution is -2.09. The summed E-state index contributed by atoms with van der Waals surface area (Å²) in [4.78, 5) is 0. The maximum atomic E-state index is 6.04. The molecule has 0 aliphatic heterocycles. The molecule has 0 aliphatic carbocycles. The number of benzene rings is 1. The van der Waals surface area contributed by atoms with Gasteiger partial charge in [-0.15, -0.1) is 6.58 Å². The Balaban J connectivity index is 2.75. The van der Waals surface area contributed by atoms with Crippen molar-refractivity contribution in [1.29, 1.82) is 0 Å². The molecule has 1 atom stereocenters. The van der Waals surface area contributed by atoms with Crippen LogP contribution in [0.15, 0.2) is 35.3 Å². The van der Waals surface area contributed by atoms with Crippen LogP contribution in [0.1, 0.15) is 30.0 Å². The SMILES string of the molecule is C=CCCC(N)c1ccc(Br)c(C)c1. The molecule has 0 bridgehead atoms. The number of rotatable bonds is 4. The molecular formula is C12H16BrN. The molecule has 2 heteroatoms. The second kappa shape index (κ2) is 5.32. The minimum Gasteiger partial charge on any atom is -0.324 e. The fraction of sp³-hybridized carbons (Fsp3) is 0.333. The predicted octanol–water partition coefficient (Wildman–Crippen LogP) is 3.72. The molecule has 1 aromatic carbocycles. The Morgan fingerprint density at radius 3 is 2.86 bits per heavy atom. The van der Waals surface area contributed by atoms with E-state index in [0.29, 0.717) is 0 Å². The van der Waals surface area contributed by atoms with E-state index in [2.05, 4.69) is 47.6 Å². The van der Waals surface area contributed by atoms with Gasteiger partial charge in [-0.3, -0.25) is 0 Å². The van der Waals surface area contributed by atoms with Gasteiger partial charge in [0, 0.05) is 10.5 Å². The number of hydrogen-bond acceptors (Lipinski definition) is 1. The lowest BCUT2D eigenvalue weighted by molar-refractivity contribution is 0.661. The summed E-state index contributed by atoms with van der Waals surface area (Å²) in [6.45, 7) is 5.77. The molecule has 1 unspecified atom stereocenters. The molecule has 1 nitrogen and oxygen atoms in total. The van der Waals surface area contributed by atoms with Crippen LogP contribution in [0.4, 0.5) is 0 Å². The Kier molecular flexibility index (Phi) is 4.36. The highest BCUT2D eigenvalue weighted by molar-refractivity contribution is 9.10. The first-order chi connectivity index (χ1) is 6.65. The van der Waals surface area contributed by atoms with E-state index in [4.69, 9.17) is 5.73 Å². The fourth-order valence-corrected chi connectivity index (χ4v) is 1.61. The quantitative estimate of drug-likeness (QED) is 0.814. The summed E-state index contributed by atoms with van der Waals surface area (Å²) in [5.41, 5.74) is 8.47. The molecule has 76 valence electrons. The van der Waals surface area contributed by atoms with Crippen LogP contribution in [0.5, 0.6) is 0 Å². The van der Waals surface area contributed by atoms with E-state index in [1.807, 2.05) is 6.08 Å². The van der Waals surface area contributed by atoms with Gasteiger partial charge < -0.3 is 5.73 Å². The van der Waals surface area contributed by atoms with E-state index in [1.165, 1.54) is 11.1 Å². The van der Waals surface area contributed by atoms with E-state index in [1.54, 1.807) is 0 Å². The van der Waals surface area contributed by atoms with Gasteiger partial charge >= 0.3 is 0 Å². The van der Waals surface area contributed by atoms with Gasteiger partial charge in [0.15, 0.2) is 0 Å². The van der Waals surface area contributed by atoms with Crippen molar-refractivity contribution in [3.05, 3.63) is 46.5 Å². The van der Waals surface area contributed by atoms with Crippen LogP contribution in [-0.2, 0) is 0 Å². The minimum absolute atomic E-state index is 0.125. The molecule has 0 saturated carbocycles. The van der Waals surface area contributed by atoms with Crippen molar-refractivity contribution < 1.29 is 0 Å². The zero-order valence-corrected chi connectivity index (χ0v) is 10.0. The highest BCUT2D eigenvalue weighted by atomic mass is 79.9. The summed E-state index contributed by atoms with van der Waals surface area (Å²) in [6.07, 6.45) is 3.84. The van der Waals surface area contributed by atoms with Crippen LogP contribution in [0.3, 0.4) is 0 Å². The molecule has 0 saturated heterocycles. The minimum atomic E-state index is 0.125. The Bertz CT molecular complexity index is 320. The molecule has 0 heterocycles. The molecule has 0 spiro atoms. The van der Waals surface area contributed by atoms with Gasteiger partial charge in [-0.05, 0) is 37.0 Å². The van der Waals surface area contributed by atoms with Crippen molar-refractivity contribution in [3.8, 4) is 0 Å². The van der Waals surface area contributed by atoms with Crippen molar-refractivity contribution in [2.45, 2.75) is 25.8 Å². The van der Waals surface area contributed by atoms with Gasteiger partial charge in [0.25, 0.3) is 0 Å². The molecule has 1 aromatic rings. The summed E-state index contributed by atoms with van der Waals surface area (Å²) in [6, 6.07) is 6.39. The Morgan fingerprint density at radius 2 is 2.29 bits per heavy atom. The maximum Gasteiger partial charge on any atom is 0.0297 e. The topological polar surface area (TPSA) is 26.0 Å². The number of halogens is 1. The molecular weight excluding hydrogens is 238 g/mol. The Hall–Kier alpha value is -0.600. The lowest BCUT2D eigenvalue weighted by Gasteiger charge is -2.12. The first-order valence-electron chi connectivity index (χ1n) is 4.77. The number of aryl methyl sites for hydroxylation is 1. The van der Waals surface area contributed by atoms with Crippen LogP contribution in [0, 0.1) is 6.92 Å². The third-order valence-electron chi connectivity index (χ3n) is 2.29. The van der Waals surface area contributed by atoms with E-state index < -0.39 is 0 Å². The van der Waals surface area contributed by atoms with Gasteiger partial charge in [0.1, 0.15) is 0 Å². The van der Waals surface area contributed by atoms with Crippen molar-refractivity contribution in [2.75, 3.05) is 0 Å². The first-order valence-corrected chi connectivity index (χ1v) is 5.57. The third kappa shape index (κ3) is 2.96. The van der Waals surface area contributed by atoms with Gasteiger partial charge in [-0.25, -0.2) is 0 Å². The van der Waals surface area contributed by atoms with E-state index in [0.717, 1.165) is 17.3 Å². The molecule has 0 radical (unpaired) electrons. The standard InChI is InChI=1S/C12H16BrN/c1-3-4-5-12(14)10-6-7-11(13)9(2)8-10/h3,6-8,12H,1,4-5,14H2,2H3. The third-order valence-corrected chi connectivity index (χ3v) is 3.18. The zero-order chi connectivity index (χ0) is 10.6. The van der Waals surface area contributed by atoms with Crippen molar-refractivity contribution in [2.24, 2.45) is 5.73 Å². The van der Waals surface area contributed by atoms with Crippen molar-refractivity contribution in [1.82, 2.24) is 0 Å². The van der Waals surface area contributed by atoms with Crippen LogP contribution < -0.4 is 5.73 Å². The van der Waals surface area contributed by atoms with Crippen LogP contribution in [-0.4, -0.2) is 0 Å². The second-order valence-corrected chi connectivity index (χ2v) is 4.34. The number of nitrogens with two attached hydrogens (primary N) is 1. The van der Waals surface area contributed by atoms with Gasteiger partial charge in [0.05, 0.1) is 0 Å². The molecule has 0 aliphatic rings. The normalized spacial score (nSPS) is 12.5. The molecule has 14 heavy (non-hydrogen) atoms. The average molecular weight is 254 g/mol. The summed E-state index contributed by atoms with van der Waals surface area (Å²) in [5, 5.41) is 0. The summed E-state index contributed by atoms with van der Waals surface area (Å²) in [5.74, 6) is 0. The molecule has 2 N–H and O–H groups in total. The summed E-state index contributed by atoms with van der Waals surface area (Å²) < 4.78 is 1.14. The zero-order valence-electron chi connectivity index (χ0n) is 8.46. The monoisotopic (exact) mass is 253 g/mol. The van der Waals surface area contributed by atoms with Gasteiger partial charge in [0.2, 0.25) is 0 Å². The van der Waals surface area contributed by atoms with Crippen molar-refractivity contribution >= 4 is 15.9 Å². The molecule has 0 amide bonds. The smallest absolute Gasteiger partial charge is 0.0297 e. The predicted molar refractivity (Wildman–Crippen MR) is 65.2 cm³/mol. The van der Waals surface area contributed by atoms with Crippen LogP contribution >= 0.6 is 15.9 Å². The Morgan fingerprint density at radius 1 is 1.57 bits per heavy atom. The molecule has 0 fully saturated rings. The second-order valence-electron chi connectivity index (χ2n) is 3.48. The van der Waals surface area contributed by atoms with E-state index >= 15 is 0 Å². The first kappa shape index (κ1) is 11.5. The van der Waals surface area contributed by atoms with Crippen LogP contribution in [0.2, 0.25) is 0 Å². The Labute approximate surface area is 94.1 Å². The number of allylic oxidation sites excluding steroid dienone is 1. The highest BCUT2D eigenvalue weighted by Gasteiger charge is 2.05. The van der Waals surface area contributed by atoms with Crippen molar-refractivity contribution in [3.63, 3.8) is 0 Å². The van der Waals surface area contributed by atoms with Gasteiger partial charge in [-0.2, -0.15) is 0 Å². The summed E-state index contributed by atoms with van der Waals surface area (Å²) in [7, 11) is 0. The maximum absolute atomic E-state index is 6.04. The van der Waals surface area contributed by atoms with E-state index in [-0.39, 0.29) is 6.04 Å². The number of hydrogen-bond donors (Lipinski definition) is 1. The largest absolute Gasteiger partial charge is 0.324 e.